The Morgan fingerprint density at radius 3 is 2.46 bits per heavy atom. The molecule has 0 aliphatic carbocycles. The van der Waals surface area contributed by atoms with Gasteiger partial charge < -0.3 is 16.4 Å². The predicted molar refractivity (Wildman–Crippen MR) is 118 cm³/mol. The summed E-state index contributed by atoms with van der Waals surface area (Å²) in [7, 11) is 0. The zero-order valence-corrected chi connectivity index (χ0v) is 17.3. The summed E-state index contributed by atoms with van der Waals surface area (Å²) in [5, 5.41) is 7.40. The van der Waals surface area contributed by atoms with Crippen LogP contribution in [0.15, 0.2) is 59.1 Å². The molecule has 4 rings (SSSR count). The summed E-state index contributed by atoms with van der Waals surface area (Å²) < 4.78 is 0.895. The average Bonchev–Trinajstić information content (AvgIpc) is 2.65. The lowest BCUT2D eigenvalue weighted by Crippen LogP contribution is -2.57. The minimum Gasteiger partial charge on any atom is -0.398 e. The van der Waals surface area contributed by atoms with Crippen molar-refractivity contribution in [3.05, 3.63) is 64.6 Å². The standard InChI is InChI=1S/C21H18BrN3O2S/c22-13-7-5-12(9-16-19(26)24-21(28)25-20(16)27)15(10-13)18-14-4-2-1-3-11(14)6-8-17(18)23/h1-8,10,16,21,28H,9,23H2,(H,24,26)(H,25,27). The Hall–Kier alpha value is -2.51. The molecule has 1 heterocycles. The first-order valence-electron chi connectivity index (χ1n) is 8.79. The number of nitrogen functional groups attached to an aromatic ring is 1. The summed E-state index contributed by atoms with van der Waals surface area (Å²) in [5.41, 5.74) is 9.02. The topological polar surface area (TPSA) is 84.2 Å². The number of hydrogen-bond donors (Lipinski definition) is 4. The zero-order valence-electron chi connectivity index (χ0n) is 14.8. The number of hydrogen-bond acceptors (Lipinski definition) is 4. The summed E-state index contributed by atoms with van der Waals surface area (Å²) in [4.78, 5) is 24.7. The smallest absolute Gasteiger partial charge is 0.235 e. The lowest BCUT2D eigenvalue weighted by molar-refractivity contribution is -0.138. The normalized spacial score (nSPS) is 19.4. The third-order valence-electron chi connectivity index (χ3n) is 4.92. The fraction of sp³-hybridized carbons (Fsp3) is 0.143. The SMILES string of the molecule is Nc1ccc2ccccc2c1-c1cc(Br)ccc1CC1C(=O)NC(S)NC1=O. The molecule has 142 valence electrons. The van der Waals surface area contributed by atoms with Gasteiger partial charge in [-0.05, 0) is 46.5 Å². The second-order valence-corrected chi connectivity index (χ2v) is 8.16. The summed E-state index contributed by atoms with van der Waals surface area (Å²) in [6.45, 7) is 0. The van der Waals surface area contributed by atoms with Crippen LogP contribution < -0.4 is 16.4 Å². The Morgan fingerprint density at radius 1 is 1.00 bits per heavy atom. The first-order valence-corrected chi connectivity index (χ1v) is 10.1. The number of nitrogens with two attached hydrogens (primary N) is 1. The third kappa shape index (κ3) is 3.47. The van der Waals surface area contributed by atoms with Gasteiger partial charge in [0.2, 0.25) is 11.8 Å². The van der Waals surface area contributed by atoms with Crippen LogP contribution in [0.2, 0.25) is 0 Å². The highest BCUT2D eigenvalue weighted by Crippen LogP contribution is 2.38. The second-order valence-electron chi connectivity index (χ2n) is 6.73. The van der Waals surface area contributed by atoms with Crippen LogP contribution in [0, 0.1) is 5.92 Å². The highest BCUT2D eigenvalue weighted by Gasteiger charge is 2.34. The molecule has 28 heavy (non-hydrogen) atoms. The van der Waals surface area contributed by atoms with Crippen LogP contribution in [-0.4, -0.2) is 17.3 Å². The highest BCUT2D eigenvalue weighted by atomic mass is 79.9. The molecule has 1 fully saturated rings. The van der Waals surface area contributed by atoms with E-state index in [0.29, 0.717) is 5.69 Å². The molecule has 0 spiro atoms. The van der Waals surface area contributed by atoms with Gasteiger partial charge in [-0.25, -0.2) is 0 Å². The van der Waals surface area contributed by atoms with Crippen LogP contribution in [-0.2, 0) is 16.0 Å². The zero-order chi connectivity index (χ0) is 19.8. The fourth-order valence-corrected chi connectivity index (χ4v) is 4.20. The van der Waals surface area contributed by atoms with Crippen LogP contribution in [0.5, 0.6) is 0 Å². The van der Waals surface area contributed by atoms with Crippen LogP contribution in [0.3, 0.4) is 0 Å². The van der Waals surface area contributed by atoms with Gasteiger partial charge in [0.05, 0.1) is 0 Å². The monoisotopic (exact) mass is 455 g/mol. The lowest BCUT2D eigenvalue weighted by Gasteiger charge is -2.27. The van der Waals surface area contributed by atoms with Crippen molar-refractivity contribution in [2.45, 2.75) is 11.9 Å². The Kier molecular flexibility index (Phi) is 5.03. The molecule has 5 nitrogen and oxygen atoms in total. The van der Waals surface area contributed by atoms with Crippen molar-refractivity contribution in [1.29, 1.82) is 0 Å². The van der Waals surface area contributed by atoms with Crippen molar-refractivity contribution in [2.75, 3.05) is 5.73 Å². The number of rotatable bonds is 3. The van der Waals surface area contributed by atoms with Gasteiger partial charge in [0, 0.05) is 15.7 Å². The van der Waals surface area contributed by atoms with Gasteiger partial charge in [0.15, 0.2) is 0 Å². The maximum absolute atomic E-state index is 12.4. The molecular weight excluding hydrogens is 438 g/mol. The molecule has 1 aliphatic rings. The number of fused-ring (bicyclic) bond motifs is 1. The van der Waals surface area contributed by atoms with Crippen molar-refractivity contribution in [1.82, 2.24) is 10.6 Å². The number of halogens is 1. The number of nitrogens with one attached hydrogen (secondary N) is 2. The van der Waals surface area contributed by atoms with E-state index in [1.165, 1.54) is 0 Å². The van der Waals surface area contributed by atoms with Gasteiger partial charge in [-0.1, -0.05) is 52.3 Å². The van der Waals surface area contributed by atoms with E-state index in [9.17, 15) is 9.59 Å². The minimum absolute atomic E-state index is 0.267. The molecule has 0 atom stereocenters. The van der Waals surface area contributed by atoms with E-state index in [4.69, 9.17) is 5.73 Å². The summed E-state index contributed by atoms with van der Waals surface area (Å²) in [5.74, 6) is -1.48. The van der Waals surface area contributed by atoms with Gasteiger partial charge >= 0.3 is 0 Å². The number of carbonyl (C=O) groups is 2. The quantitative estimate of drug-likeness (QED) is 0.277. The molecule has 3 aromatic rings. The van der Waals surface area contributed by atoms with Crippen molar-refractivity contribution < 1.29 is 9.59 Å². The first kappa shape index (κ1) is 18.8. The average molecular weight is 456 g/mol. The fourth-order valence-electron chi connectivity index (χ4n) is 3.58. The molecule has 2 amide bonds. The van der Waals surface area contributed by atoms with E-state index < -0.39 is 11.4 Å². The van der Waals surface area contributed by atoms with E-state index in [2.05, 4.69) is 39.2 Å². The molecule has 1 saturated heterocycles. The number of benzene rings is 3. The van der Waals surface area contributed by atoms with Crippen molar-refractivity contribution >= 4 is 56.8 Å². The maximum Gasteiger partial charge on any atom is 0.235 e. The van der Waals surface area contributed by atoms with Crippen molar-refractivity contribution in [3.63, 3.8) is 0 Å². The van der Waals surface area contributed by atoms with E-state index in [1.807, 2.05) is 54.6 Å². The Labute approximate surface area is 176 Å². The Bertz CT molecular complexity index is 1080. The van der Waals surface area contributed by atoms with Crippen LogP contribution >= 0.6 is 28.6 Å². The second kappa shape index (κ2) is 7.48. The van der Waals surface area contributed by atoms with E-state index in [0.717, 1.165) is 31.9 Å². The van der Waals surface area contributed by atoms with Crippen molar-refractivity contribution in [2.24, 2.45) is 5.92 Å². The number of carbonyl (C=O) groups excluding carboxylic acids is 2. The van der Waals surface area contributed by atoms with Crippen LogP contribution in [0.1, 0.15) is 5.56 Å². The minimum atomic E-state index is -0.820. The molecule has 0 unspecified atom stereocenters. The van der Waals surface area contributed by atoms with Crippen LogP contribution in [0.4, 0.5) is 5.69 Å². The summed E-state index contributed by atoms with van der Waals surface area (Å²) >= 11 is 7.63. The van der Waals surface area contributed by atoms with Gasteiger partial charge in [-0.3, -0.25) is 9.59 Å². The summed E-state index contributed by atoms with van der Waals surface area (Å²) in [6.07, 6.45) is 0.267. The van der Waals surface area contributed by atoms with E-state index >= 15 is 0 Å². The number of amides is 2. The predicted octanol–water partition coefficient (Wildman–Crippen LogP) is 3.47. The van der Waals surface area contributed by atoms with E-state index in [-0.39, 0.29) is 18.2 Å². The number of thiol groups is 1. The van der Waals surface area contributed by atoms with Gasteiger partial charge in [-0.2, -0.15) is 0 Å². The van der Waals surface area contributed by atoms with Crippen LogP contribution in [0.25, 0.3) is 21.9 Å². The Balaban J connectivity index is 1.84. The summed E-state index contributed by atoms with van der Waals surface area (Å²) in [6, 6.07) is 17.7. The largest absolute Gasteiger partial charge is 0.398 e. The van der Waals surface area contributed by atoms with Gasteiger partial charge in [0.1, 0.15) is 11.4 Å². The molecule has 0 saturated carbocycles. The van der Waals surface area contributed by atoms with Gasteiger partial charge in [0.25, 0.3) is 0 Å². The molecule has 0 bridgehead atoms. The number of anilines is 1. The first-order chi connectivity index (χ1) is 13.4. The van der Waals surface area contributed by atoms with Crippen molar-refractivity contribution in [3.8, 4) is 11.1 Å². The third-order valence-corrected chi connectivity index (χ3v) is 5.67. The molecule has 0 radical (unpaired) electrons. The molecule has 3 aromatic carbocycles. The molecule has 0 aromatic heterocycles. The van der Waals surface area contributed by atoms with E-state index in [1.54, 1.807) is 0 Å². The molecule has 7 heteroatoms. The molecule has 1 aliphatic heterocycles. The highest BCUT2D eigenvalue weighted by molar-refractivity contribution is 9.10. The maximum atomic E-state index is 12.4. The Morgan fingerprint density at radius 2 is 1.71 bits per heavy atom. The van der Waals surface area contributed by atoms with Gasteiger partial charge in [-0.15, -0.1) is 12.6 Å². The molecular formula is C21H18BrN3O2S. The lowest BCUT2D eigenvalue weighted by atomic mass is 9.88. The molecule has 4 N–H and O–H groups in total.